The number of pyridine rings is 1. The highest BCUT2D eigenvalue weighted by Crippen LogP contribution is 2.22. The fourth-order valence-corrected chi connectivity index (χ4v) is 3.11. The molecule has 1 amide bonds. The second-order valence-corrected chi connectivity index (χ2v) is 6.33. The predicted octanol–water partition coefficient (Wildman–Crippen LogP) is 3.03. The Kier molecular flexibility index (Phi) is 5.94. The minimum Gasteiger partial charge on any atom is -0.497 e. The molecule has 0 radical (unpaired) electrons. The average Bonchev–Trinajstić information content (AvgIpc) is 2.72. The van der Waals surface area contributed by atoms with Gasteiger partial charge in [0.15, 0.2) is 0 Å². The summed E-state index contributed by atoms with van der Waals surface area (Å²) in [6.07, 6.45) is 3.63. The molecule has 26 heavy (non-hydrogen) atoms. The van der Waals surface area contributed by atoms with Crippen molar-refractivity contribution in [2.45, 2.75) is 12.8 Å². The molecule has 6 nitrogen and oxygen atoms in total. The molecule has 0 aliphatic carbocycles. The van der Waals surface area contributed by atoms with E-state index in [1.807, 2.05) is 29.2 Å². The molecule has 2 heterocycles. The van der Waals surface area contributed by atoms with Crippen LogP contribution in [0.25, 0.3) is 0 Å². The van der Waals surface area contributed by atoms with Gasteiger partial charge in [-0.3, -0.25) is 4.79 Å². The van der Waals surface area contributed by atoms with E-state index < -0.39 is 0 Å². The summed E-state index contributed by atoms with van der Waals surface area (Å²) in [5.74, 6) is 2.40. The molecule has 138 valence electrons. The van der Waals surface area contributed by atoms with Gasteiger partial charge in [-0.05, 0) is 43.2 Å². The molecule has 1 aliphatic heterocycles. The summed E-state index contributed by atoms with van der Waals surface area (Å²) in [6.45, 7) is 2.05. The lowest BCUT2D eigenvalue weighted by atomic mass is 9.98. The van der Waals surface area contributed by atoms with Gasteiger partial charge in [-0.2, -0.15) is 0 Å². The Bertz CT molecular complexity index is 733. The minimum absolute atomic E-state index is 0.0137. The lowest BCUT2D eigenvalue weighted by molar-refractivity contribution is 0.0633. The Morgan fingerprint density at radius 3 is 2.65 bits per heavy atom. The first-order chi connectivity index (χ1) is 12.7. The number of ether oxygens (including phenoxy) is 3. The molecular formula is C20H24N2O4. The zero-order valence-electron chi connectivity index (χ0n) is 15.2. The van der Waals surface area contributed by atoms with Gasteiger partial charge in [0.2, 0.25) is 5.88 Å². The number of benzene rings is 1. The van der Waals surface area contributed by atoms with Crippen LogP contribution in [0.15, 0.2) is 42.6 Å². The minimum atomic E-state index is 0.0137. The van der Waals surface area contributed by atoms with Crippen LogP contribution >= 0.6 is 0 Å². The van der Waals surface area contributed by atoms with E-state index in [2.05, 4.69) is 4.98 Å². The number of hydrogen-bond donors (Lipinski definition) is 0. The molecule has 2 aromatic rings. The molecule has 0 spiro atoms. The lowest BCUT2D eigenvalue weighted by Crippen LogP contribution is -2.41. The third kappa shape index (κ3) is 4.45. The van der Waals surface area contributed by atoms with Gasteiger partial charge in [0.25, 0.3) is 5.91 Å². The van der Waals surface area contributed by atoms with E-state index in [0.29, 0.717) is 30.5 Å². The van der Waals surface area contributed by atoms with Gasteiger partial charge >= 0.3 is 0 Å². The van der Waals surface area contributed by atoms with Crippen molar-refractivity contribution in [2.24, 2.45) is 5.92 Å². The van der Waals surface area contributed by atoms with Crippen LogP contribution in [-0.4, -0.2) is 49.7 Å². The smallest absolute Gasteiger partial charge is 0.254 e. The zero-order valence-corrected chi connectivity index (χ0v) is 15.2. The van der Waals surface area contributed by atoms with Gasteiger partial charge in [-0.25, -0.2) is 4.98 Å². The lowest BCUT2D eigenvalue weighted by Gasteiger charge is -2.32. The van der Waals surface area contributed by atoms with Crippen molar-refractivity contribution in [1.29, 1.82) is 0 Å². The summed E-state index contributed by atoms with van der Waals surface area (Å²) in [4.78, 5) is 18.7. The molecular weight excluding hydrogens is 332 g/mol. The van der Waals surface area contributed by atoms with Crippen molar-refractivity contribution in [2.75, 3.05) is 33.9 Å². The predicted molar refractivity (Wildman–Crippen MR) is 97.9 cm³/mol. The van der Waals surface area contributed by atoms with Crippen LogP contribution in [0.2, 0.25) is 0 Å². The van der Waals surface area contributed by atoms with Crippen LogP contribution in [-0.2, 0) is 0 Å². The highest BCUT2D eigenvalue weighted by molar-refractivity contribution is 5.94. The largest absolute Gasteiger partial charge is 0.497 e. The van der Waals surface area contributed by atoms with Crippen LogP contribution < -0.4 is 14.2 Å². The van der Waals surface area contributed by atoms with Crippen molar-refractivity contribution in [3.05, 3.63) is 48.2 Å². The normalized spacial score (nSPS) is 16.8. The van der Waals surface area contributed by atoms with Gasteiger partial charge in [0.1, 0.15) is 11.5 Å². The van der Waals surface area contributed by atoms with E-state index in [-0.39, 0.29) is 5.91 Å². The van der Waals surface area contributed by atoms with Gasteiger partial charge < -0.3 is 19.1 Å². The van der Waals surface area contributed by atoms with Crippen molar-refractivity contribution in [3.63, 3.8) is 0 Å². The number of piperidine rings is 1. The number of amides is 1. The Morgan fingerprint density at radius 1 is 1.15 bits per heavy atom. The van der Waals surface area contributed by atoms with E-state index in [1.165, 1.54) is 0 Å². The summed E-state index contributed by atoms with van der Waals surface area (Å²) in [6, 6.07) is 11.0. The maximum absolute atomic E-state index is 12.7. The number of nitrogens with zero attached hydrogens (tertiary/aromatic N) is 2. The molecule has 0 saturated carbocycles. The van der Waals surface area contributed by atoms with Crippen LogP contribution in [0, 0.1) is 5.92 Å². The number of carbonyl (C=O) groups excluding carboxylic acids is 1. The SMILES string of the molecule is COc1ccc(OC[C@H]2CCCN(C(=O)c3ccnc(OC)c3)C2)cc1. The molecule has 0 N–H and O–H groups in total. The molecule has 6 heteroatoms. The summed E-state index contributed by atoms with van der Waals surface area (Å²) >= 11 is 0. The standard InChI is InChI=1S/C20H24N2O4/c1-24-17-5-7-18(8-6-17)26-14-15-4-3-11-22(13-15)20(23)16-9-10-21-19(12-16)25-2/h5-10,12,15H,3-4,11,13-14H2,1-2H3/t15-/m0/s1. The third-order valence-electron chi connectivity index (χ3n) is 4.54. The van der Waals surface area contributed by atoms with Crippen molar-refractivity contribution >= 4 is 5.91 Å². The number of likely N-dealkylation sites (tertiary alicyclic amines) is 1. The highest BCUT2D eigenvalue weighted by atomic mass is 16.5. The Morgan fingerprint density at radius 2 is 1.92 bits per heavy atom. The molecule has 0 unspecified atom stereocenters. The van der Waals surface area contributed by atoms with Gasteiger partial charge in [-0.1, -0.05) is 0 Å². The maximum Gasteiger partial charge on any atom is 0.254 e. The summed E-state index contributed by atoms with van der Waals surface area (Å²) in [7, 11) is 3.19. The second-order valence-electron chi connectivity index (χ2n) is 6.33. The molecule has 1 fully saturated rings. The average molecular weight is 356 g/mol. The van der Waals surface area contributed by atoms with E-state index in [9.17, 15) is 4.79 Å². The first-order valence-corrected chi connectivity index (χ1v) is 8.76. The molecule has 1 saturated heterocycles. The number of rotatable bonds is 6. The molecule has 3 rings (SSSR count). The van der Waals surface area contributed by atoms with Gasteiger partial charge in [-0.15, -0.1) is 0 Å². The fourth-order valence-electron chi connectivity index (χ4n) is 3.11. The molecule has 1 aromatic heterocycles. The summed E-state index contributed by atoms with van der Waals surface area (Å²) < 4.78 is 16.1. The summed E-state index contributed by atoms with van der Waals surface area (Å²) in [5.41, 5.74) is 0.605. The Balaban J connectivity index is 1.56. The molecule has 1 aromatic carbocycles. The molecule has 1 atom stereocenters. The van der Waals surface area contributed by atoms with Crippen molar-refractivity contribution in [3.8, 4) is 17.4 Å². The van der Waals surface area contributed by atoms with Crippen LogP contribution in [0.3, 0.4) is 0 Å². The molecule has 1 aliphatic rings. The topological polar surface area (TPSA) is 60.9 Å². The summed E-state index contributed by atoms with van der Waals surface area (Å²) in [5, 5.41) is 0. The quantitative estimate of drug-likeness (QED) is 0.796. The monoisotopic (exact) mass is 356 g/mol. The first-order valence-electron chi connectivity index (χ1n) is 8.76. The van der Waals surface area contributed by atoms with E-state index in [1.54, 1.807) is 32.5 Å². The van der Waals surface area contributed by atoms with Crippen LogP contribution in [0.1, 0.15) is 23.2 Å². The molecule has 0 bridgehead atoms. The van der Waals surface area contributed by atoms with Gasteiger partial charge in [0.05, 0.1) is 20.8 Å². The Hall–Kier alpha value is -2.76. The fraction of sp³-hybridized carbons (Fsp3) is 0.400. The van der Waals surface area contributed by atoms with E-state index in [0.717, 1.165) is 30.9 Å². The Labute approximate surface area is 153 Å². The van der Waals surface area contributed by atoms with Crippen LogP contribution in [0.4, 0.5) is 0 Å². The number of hydrogen-bond acceptors (Lipinski definition) is 5. The van der Waals surface area contributed by atoms with Crippen molar-refractivity contribution in [1.82, 2.24) is 9.88 Å². The maximum atomic E-state index is 12.7. The third-order valence-corrected chi connectivity index (χ3v) is 4.54. The zero-order chi connectivity index (χ0) is 18.4. The number of carbonyl (C=O) groups is 1. The van der Waals surface area contributed by atoms with E-state index in [4.69, 9.17) is 14.2 Å². The van der Waals surface area contributed by atoms with Crippen LogP contribution in [0.5, 0.6) is 17.4 Å². The van der Waals surface area contributed by atoms with Crippen molar-refractivity contribution < 1.29 is 19.0 Å². The highest BCUT2D eigenvalue weighted by Gasteiger charge is 2.25. The first kappa shape index (κ1) is 18.0. The van der Waals surface area contributed by atoms with E-state index >= 15 is 0 Å². The van der Waals surface area contributed by atoms with Gasteiger partial charge in [0, 0.05) is 36.8 Å². The number of methoxy groups -OCH3 is 2. The second kappa shape index (κ2) is 8.56. The number of aromatic nitrogens is 1.